The quantitative estimate of drug-likeness (QED) is 0.446. The molecule has 34 heavy (non-hydrogen) atoms. The molecule has 180 valence electrons. The Balaban J connectivity index is 1.51. The molecule has 4 rings (SSSR count). The molecule has 1 saturated heterocycles. The van der Waals surface area contributed by atoms with Crippen LogP contribution in [-0.2, 0) is 17.8 Å². The van der Waals surface area contributed by atoms with Crippen LogP contribution in [0.15, 0.2) is 30.3 Å². The maximum absolute atomic E-state index is 14.4. The molecule has 0 amide bonds. The van der Waals surface area contributed by atoms with Crippen LogP contribution >= 0.6 is 11.6 Å². The Morgan fingerprint density at radius 2 is 2.12 bits per heavy atom. The number of aryl methyl sites for hydroxylation is 2. The standard InChI is InChI=1S/C24H28ClFN6O2/c1-14-9-19(28-20-10-15(2)30-31-20)29-21(27-14)12-24(23(33)34)7-8-32(16(3)11-24)13-17-5-4-6-18(25)22(17)26/h4-6,9-10,16H,7-8,11-13H2,1-3H3,(H,33,34)(H2,27,28,29,30,31)/t16-,24-/m1/s1. The minimum absolute atomic E-state index is 0.0716. The third kappa shape index (κ3) is 5.20. The fourth-order valence-corrected chi connectivity index (χ4v) is 4.81. The van der Waals surface area contributed by atoms with Crippen LogP contribution in [0.1, 0.15) is 42.5 Å². The SMILES string of the molecule is Cc1cc(Nc2cc(C)[nH]n2)nc(C[C@@]2(C(=O)O)CCN(Cc3cccc(Cl)c3F)[C@H](C)C2)n1. The Kier molecular flexibility index (Phi) is 6.86. The predicted molar refractivity (Wildman–Crippen MR) is 128 cm³/mol. The molecule has 1 fully saturated rings. The molecule has 8 nitrogen and oxygen atoms in total. The average Bonchev–Trinajstić information content (AvgIpc) is 3.17. The number of aliphatic carboxylic acids is 1. The van der Waals surface area contributed by atoms with E-state index in [1.165, 1.54) is 6.07 Å². The summed E-state index contributed by atoms with van der Waals surface area (Å²) >= 11 is 5.93. The smallest absolute Gasteiger partial charge is 0.310 e. The zero-order valence-electron chi connectivity index (χ0n) is 19.4. The zero-order valence-corrected chi connectivity index (χ0v) is 20.2. The van der Waals surface area contributed by atoms with Gasteiger partial charge in [0.05, 0.1) is 10.4 Å². The monoisotopic (exact) mass is 486 g/mol. The fourth-order valence-electron chi connectivity index (χ4n) is 4.62. The Bertz CT molecular complexity index is 1200. The van der Waals surface area contributed by atoms with Gasteiger partial charge in [-0.05, 0) is 46.2 Å². The summed E-state index contributed by atoms with van der Waals surface area (Å²) in [6, 6.07) is 8.54. The summed E-state index contributed by atoms with van der Waals surface area (Å²) in [7, 11) is 0. The molecule has 1 aliphatic rings. The Morgan fingerprint density at radius 1 is 1.32 bits per heavy atom. The van der Waals surface area contributed by atoms with Crippen molar-refractivity contribution >= 4 is 29.2 Å². The summed E-state index contributed by atoms with van der Waals surface area (Å²) in [6.07, 6.45) is 1.03. The second kappa shape index (κ2) is 9.68. The van der Waals surface area contributed by atoms with E-state index >= 15 is 0 Å². The number of likely N-dealkylation sites (tertiary alicyclic amines) is 1. The number of carboxylic acid groups (broad SMARTS) is 1. The number of anilines is 2. The Labute approximate surface area is 202 Å². The van der Waals surface area contributed by atoms with Gasteiger partial charge in [0.25, 0.3) is 0 Å². The number of hydrogen-bond donors (Lipinski definition) is 3. The van der Waals surface area contributed by atoms with Crippen LogP contribution in [0.2, 0.25) is 5.02 Å². The van der Waals surface area contributed by atoms with Crippen LogP contribution < -0.4 is 5.32 Å². The number of benzene rings is 1. The van der Waals surface area contributed by atoms with Crippen molar-refractivity contribution in [2.45, 2.75) is 52.6 Å². The second-order valence-corrected chi connectivity index (χ2v) is 9.53. The van der Waals surface area contributed by atoms with Gasteiger partial charge in [0.15, 0.2) is 5.82 Å². The average molecular weight is 487 g/mol. The minimum atomic E-state index is -1.00. The number of piperidine rings is 1. The first-order valence-electron chi connectivity index (χ1n) is 11.2. The lowest BCUT2D eigenvalue weighted by Gasteiger charge is -2.43. The van der Waals surface area contributed by atoms with E-state index in [1.807, 2.05) is 26.8 Å². The normalized spacial score (nSPS) is 20.9. The van der Waals surface area contributed by atoms with E-state index in [1.54, 1.807) is 18.2 Å². The van der Waals surface area contributed by atoms with Crippen molar-refractivity contribution in [1.29, 1.82) is 0 Å². The van der Waals surface area contributed by atoms with E-state index in [2.05, 4.69) is 30.4 Å². The van der Waals surface area contributed by atoms with Crippen LogP contribution in [0.4, 0.5) is 16.0 Å². The number of nitrogens with one attached hydrogen (secondary N) is 2. The number of aromatic amines is 1. The van der Waals surface area contributed by atoms with Gasteiger partial charge < -0.3 is 10.4 Å². The van der Waals surface area contributed by atoms with Crippen molar-refractivity contribution in [2.75, 3.05) is 11.9 Å². The molecule has 3 N–H and O–H groups in total. The molecule has 3 heterocycles. The number of halogens is 2. The molecule has 0 bridgehead atoms. The van der Waals surface area contributed by atoms with E-state index in [-0.39, 0.29) is 17.5 Å². The molecule has 2 atom stereocenters. The predicted octanol–water partition coefficient (Wildman–Crippen LogP) is 4.65. The lowest BCUT2D eigenvalue weighted by Crippen LogP contribution is -2.50. The fraction of sp³-hybridized carbons (Fsp3) is 0.417. The van der Waals surface area contributed by atoms with E-state index in [0.717, 1.165) is 11.4 Å². The first-order chi connectivity index (χ1) is 16.1. The molecule has 0 aliphatic carbocycles. The highest BCUT2D eigenvalue weighted by Gasteiger charge is 2.45. The van der Waals surface area contributed by atoms with Gasteiger partial charge in [0.2, 0.25) is 0 Å². The molecule has 2 aromatic heterocycles. The minimum Gasteiger partial charge on any atom is -0.481 e. The van der Waals surface area contributed by atoms with Crippen LogP contribution in [0.3, 0.4) is 0 Å². The lowest BCUT2D eigenvalue weighted by atomic mass is 9.72. The van der Waals surface area contributed by atoms with Crippen molar-refractivity contribution < 1.29 is 14.3 Å². The van der Waals surface area contributed by atoms with Crippen LogP contribution in [-0.4, -0.2) is 48.7 Å². The second-order valence-electron chi connectivity index (χ2n) is 9.12. The van der Waals surface area contributed by atoms with Gasteiger partial charge in [0.1, 0.15) is 17.5 Å². The van der Waals surface area contributed by atoms with Gasteiger partial charge in [-0.15, -0.1) is 0 Å². The molecule has 0 saturated carbocycles. The summed E-state index contributed by atoms with van der Waals surface area (Å²) < 4.78 is 14.4. The summed E-state index contributed by atoms with van der Waals surface area (Å²) in [4.78, 5) is 23.7. The number of nitrogens with zero attached hydrogens (tertiary/aromatic N) is 4. The third-order valence-electron chi connectivity index (χ3n) is 6.40. The summed E-state index contributed by atoms with van der Waals surface area (Å²) in [5.74, 6) is 0.377. The van der Waals surface area contributed by atoms with Crippen molar-refractivity contribution in [3.05, 3.63) is 63.9 Å². The van der Waals surface area contributed by atoms with Crippen molar-refractivity contribution in [3.63, 3.8) is 0 Å². The highest BCUT2D eigenvalue weighted by Crippen LogP contribution is 2.39. The van der Waals surface area contributed by atoms with E-state index in [4.69, 9.17) is 11.6 Å². The van der Waals surface area contributed by atoms with Crippen LogP contribution in [0, 0.1) is 25.1 Å². The lowest BCUT2D eigenvalue weighted by molar-refractivity contribution is -0.153. The maximum Gasteiger partial charge on any atom is 0.310 e. The van der Waals surface area contributed by atoms with Crippen LogP contribution in [0.25, 0.3) is 0 Å². The molecular weight excluding hydrogens is 459 g/mol. The summed E-state index contributed by atoms with van der Waals surface area (Å²) in [6.45, 7) is 6.62. The van der Waals surface area contributed by atoms with Crippen molar-refractivity contribution in [2.24, 2.45) is 5.41 Å². The van der Waals surface area contributed by atoms with E-state index in [0.29, 0.717) is 49.0 Å². The van der Waals surface area contributed by atoms with Gasteiger partial charge >= 0.3 is 5.97 Å². The zero-order chi connectivity index (χ0) is 24.5. The highest BCUT2D eigenvalue weighted by molar-refractivity contribution is 6.30. The molecule has 0 spiro atoms. The topological polar surface area (TPSA) is 107 Å². The van der Waals surface area contributed by atoms with Crippen molar-refractivity contribution in [1.82, 2.24) is 25.1 Å². The Morgan fingerprint density at radius 3 is 2.79 bits per heavy atom. The number of H-pyrrole nitrogens is 1. The van der Waals surface area contributed by atoms with Crippen LogP contribution in [0.5, 0.6) is 0 Å². The Hall–Kier alpha value is -3.04. The third-order valence-corrected chi connectivity index (χ3v) is 6.70. The van der Waals surface area contributed by atoms with E-state index in [9.17, 15) is 14.3 Å². The number of hydrogen-bond acceptors (Lipinski definition) is 6. The first kappa shape index (κ1) is 24.1. The number of aromatic nitrogens is 4. The molecule has 1 aliphatic heterocycles. The maximum atomic E-state index is 14.4. The van der Waals surface area contributed by atoms with Gasteiger partial charge in [-0.3, -0.25) is 14.8 Å². The van der Waals surface area contributed by atoms with Gasteiger partial charge in [-0.2, -0.15) is 5.10 Å². The molecule has 10 heteroatoms. The number of rotatable bonds is 7. The van der Waals surface area contributed by atoms with Gasteiger partial charge in [-0.25, -0.2) is 14.4 Å². The highest BCUT2D eigenvalue weighted by atomic mass is 35.5. The van der Waals surface area contributed by atoms with Gasteiger partial charge in [0, 0.05) is 48.1 Å². The molecule has 3 aromatic rings. The summed E-state index contributed by atoms with van der Waals surface area (Å²) in [5.41, 5.74) is 1.16. The number of carbonyl (C=O) groups is 1. The van der Waals surface area contributed by atoms with Crippen molar-refractivity contribution in [3.8, 4) is 0 Å². The molecule has 0 radical (unpaired) electrons. The number of carboxylic acids is 1. The first-order valence-corrected chi connectivity index (χ1v) is 11.6. The molecular formula is C24H28ClFN6O2. The summed E-state index contributed by atoms with van der Waals surface area (Å²) in [5, 5.41) is 20.5. The molecule has 0 unspecified atom stereocenters. The largest absolute Gasteiger partial charge is 0.481 e. The molecule has 1 aromatic carbocycles. The van der Waals surface area contributed by atoms with E-state index < -0.39 is 17.2 Å². The van der Waals surface area contributed by atoms with Gasteiger partial charge in [-0.1, -0.05) is 23.7 Å².